The summed E-state index contributed by atoms with van der Waals surface area (Å²) in [6.45, 7) is 7.69. The quantitative estimate of drug-likeness (QED) is 0.678. The van der Waals surface area contributed by atoms with E-state index in [2.05, 4.69) is 15.2 Å². The molecule has 78 valence electrons. The first-order valence-corrected chi connectivity index (χ1v) is 5.01. The molecule has 0 radical (unpaired) electrons. The standard InChI is InChI=1S/C9H16N4O/c1-9-8-13(11-10-9)3-2-12-4-6-14-7-5-12/h8H,2-7H2,1H3. The van der Waals surface area contributed by atoms with Gasteiger partial charge in [-0.05, 0) is 6.92 Å². The molecular formula is C9H16N4O. The lowest BCUT2D eigenvalue weighted by molar-refractivity contribution is 0.0359. The molecule has 2 heterocycles. The minimum absolute atomic E-state index is 0.858. The van der Waals surface area contributed by atoms with E-state index in [0.29, 0.717) is 0 Å². The molecule has 1 aromatic heterocycles. The van der Waals surface area contributed by atoms with Crippen LogP contribution in [-0.4, -0.2) is 52.7 Å². The lowest BCUT2D eigenvalue weighted by Crippen LogP contribution is -2.38. The van der Waals surface area contributed by atoms with E-state index in [-0.39, 0.29) is 0 Å². The monoisotopic (exact) mass is 196 g/mol. The third-order valence-electron chi connectivity index (χ3n) is 2.40. The van der Waals surface area contributed by atoms with Crippen LogP contribution in [0.1, 0.15) is 5.69 Å². The van der Waals surface area contributed by atoms with Gasteiger partial charge < -0.3 is 4.74 Å². The fourth-order valence-corrected chi connectivity index (χ4v) is 1.57. The molecule has 0 unspecified atom stereocenters. The highest BCUT2D eigenvalue weighted by atomic mass is 16.5. The Labute approximate surface area is 83.6 Å². The molecular weight excluding hydrogens is 180 g/mol. The summed E-state index contributed by atoms with van der Waals surface area (Å²) in [6.07, 6.45) is 1.97. The van der Waals surface area contributed by atoms with E-state index >= 15 is 0 Å². The summed E-state index contributed by atoms with van der Waals surface area (Å²) in [5, 5.41) is 7.96. The van der Waals surface area contributed by atoms with Crippen LogP contribution in [-0.2, 0) is 11.3 Å². The molecule has 5 heteroatoms. The molecule has 0 saturated carbocycles. The number of morpholine rings is 1. The van der Waals surface area contributed by atoms with E-state index in [1.54, 1.807) is 0 Å². The SMILES string of the molecule is Cc1cn(CCN2CCOCC2)nn1. The van der Waals surface area contributed by atoms with Crippen LogP contribution in [0.3, 0.4) is 0 Å². The van der Waals surface area contributed by atoms with Crippen LogP contribution in [0.15, 0.2) is 6.20 Å². The van der Waals surface area contributed by atoms with Gasteiger partial charge in [0, 0.05) is 25.8 Å². The smallest absolute Gasteiger partial charge is 0.0796 e. The molecule has 1 saturated heterocycles. The van der Waals surface area contributed by atoms with Crippen LogP contribution in [0.2, 0.25) is 0 Å². The average Bonchev–Trinajstić information content (AvgIpc) is 2.63. The number of hydrogen-bond donors (Lipinski definition) is 0. The van der Waals surface area contributed by atoms with Gasteiger partial charge in [0.2, 0.25) is 0 Å². The van der Waals surface area contributed by atoms with Crippen molar-refractivity contribution in [3.8, 4) is 0 Å². The van der Waals surface area contributed by atoms with Crippen LogP contribution in [0, 0.1) is 6.92 Å². The van der Waals surface area contributed by atoms with E-state index in [1.807, 2.05) is 17.8 Å². The lowest BCUT2D eigenvalue weighted by Gasteiger charge is -2.26. The number of hydrogen-bond acceptors (Lipinski definition) is 4. The van der Waals surface area contributed by atoms with Gasteiger partial charge in [0.05, 0.1) is 25.5 Å². The first-order chi connectivity index (χ1) is 6.84. The van der Waals surface area contributed by atoms with E-state index < -0.39 is 0 Å². The minimum atomic E-state index is 0.858. The summed E-state index contributed by atoms with van der Waals surface area (Å²) in [5.74, 6) is 0. The molecule has 5 nitrogen and oxygen atoms in total. The minimum Gasteiger partial charge on any atom is -0.379 e. The Bertz CT molecular complexity index is 280. The van der Waals surface area contributed by atoms with E-state index in [4.69, 9.17) is 4.74 Å². The Morgan fingerprint density at radius 1 is 1.36 bits per heavy atom. The molecule has 0 aromatic carbocycles. The van der Waals surface area contributed by atoms with Crippen molar-refractivity contribution >= 4 is 0 Å². The van der Waals surface area contributed by atoms with Crippen molar-refractivity contribution < 1.29 is 4.74 Å². The fraction of sp³-hybridized carbons (Fsp3) is 0.778. The van der Waals surface area contributed by atoms with Crippen LogP contribution < -0.4 is 0 Å². The molecule has 1 fully saturated rings. The molecule has 0 atom stereocenters. The number of rotatable bonds is 3. The molecule has 0 aliphatic carbocycles. The second kappa shape index (κ2) is 4.52. The molecule has 0 spiro atoms. The van der Waals surface area contributed by atoms with Crippen molar-refractivity contribution in [2.75, 3.05) is 32.8 Å². The summed E-state index contributed by atoms with van der Waals surface area (Å²) >= 11 is 0. The summed E-state index contributed by atoms with van der Waals surface area (Å²) in [6, 6.07) is 0. The molecule has 1 aliphatic heterocycles. The lowest BCUT2D eigenvalue weighted by atomic mass is 10.4. The molecule has 2 rings (SSSR count). The van der Waals surface area contributed by atoms with E-state index in [1.165, 1.54) is 0 Å². The third kappa shape index (κ3) is 2.52. The predicted octanol–water partition coefficient (Wildman–Crippen LogP) is -0.0813. The zero-order valence-electron chi connectivity index (χ0n) is 8.52. The van der Waals surface area contributed by atoms with Crippen molar-refractivity contribution in [2.45, 2.75) is 13.5 Å². The van der Waals surface area contributed by atoms with Gasteiger partial charge in [0.1, 0.15) is 0 Å². The summed E-state index contributed by atoms with van der Waals surface area (Å²) in [7, 11) is 0. The molecule has 14 heavy (non-hydrogen) atoms. The second-order valence-corrected chi connectivity index (χ2v) is 3.58. The summed E-state index contributed by atoms with van der Waals surface area (Å²) in [5.41, 5.74) is 0.979. The van der Waals surface area contributed by atoms with Crippen LogP contribution in [0.25, 0.3) is 0 Å². The van der Waals surface area contributed by atoms with Crippen LogP contribution in [0.4, 0.5) is 0 Å². The molecule has 1 aliphatic rings. The number of aromatic nitrogens is 3. The van der Waals surface area contributed by atoms with Gasteiger partial charge in [0.15, 0.2) is 0 Å². The summed E-state index contributed by atoms with van der Waals surface area (Å²) < 4.78 is 7.17. The summed E-state index contributed by atoms with van der Waals surface area (Å²) in [4.78, 5) is 2.39. The highest BCUT2D eigenvalue weighted by Crippen LogP contribution is 1.97. The largest absolute Gasteiger partial charge is 0.379 e. The second-order valence-electron chi connectivity index (χ2n) is 3.58. The highest BCUT2D eigenvalue weighted by molar-refractivity contribution is 4.86. The van der Waals surface area contributed by atoms with Crippen LogP contribution in [0.5, 0.6) is 0 Å². The van der Waals surface area contributed by atoms with Crippen molar-refractivity contribution in [3.05, 3.63) is 11.9 Å². The van der Waals surface area contributed by atoms with Crippen molar-refractivity contribution in [1.82, 2.24) is 19.9 Å². The first kappa shape index (κ1) is 9.61. The molecule has 0 amide bonds. The Hall–Kier alpha value is -0.940. The Morgan fingerprint density at radius 3 is 2.79 bits per heavy atom. The van der Waals surface area contributed by atoms with Crippen LogP contribution >= 0.6 is 0 Å². The molecule has 0 bridgehead atoms. The number of ether oxygens (including phenoxy) is 1. The van der Waals surface area contributed by atoms with E-state index in [0.717, 1.165) is 45.1 Å². The van der Waals surface area contributed by atoms with Gasteiger partial charge in [0.25, 0.3) is 0 Å². The van der Waals surface area contributed by atoms with Gasteiger partial charge in [-0.1, -0.05) is 5.21 Å². The Morgan fingerprint density at radius 2 is 2.14 bits per heavy atom. The maximum absolute atomic E-state index is 5.28. The van der Waals surface area contributed by atoms with Gasteiger partial charge >= 0.3 is 0 Å². The molecule has 0 N–H and O–H groups in total. The zero-order chi connectivity index (χ0) is 9.80. The zero-order valence-corrected chi connectivity index (χ0v) is 8.52. The number of aryl methyl sites for hydroxylation is 1. The van der Waals surface area contributed by atoms with Gasteiger partial charge in [-0.2, -0.15) is 0 Å². The molecule has 1 aromatic rings. The highest BCUT2D eigenvalue weighted by Gasteiger charge is 2.09. The topological polar surface area (TPSA) is 43.2 Å². The Balaban J connectivity index is 1.76. The fourth-order valence-electron chi connectivity index (χ4n) is 1.57. The maximum atomic E-state index is 5.28. The van der Waals surface area contributed by atoms with E-state index in [9.17, 15) is 0 Å². The first-order valence-electron chi connectivity index (χ1n) is 5.01. The van der Waals surface area contributed by atoms with Gasteiger partial charge in [-0.3, -0.25) is 9.58 Å². The Kier molecular flexibility index (Phi) is 3.10. The van der Waals surface area contributed by atoms with Gasteiger partial charge in [-0.15, -0.1) is 5.10 Å². The van der Waals surface area contributed by atoms with Crippen molar-refractivity contribution in [1.29, 1.82) is 0 Å². The average molecular weight is 196 g/mol. The maximum Gasteiger partial charge on any atom is 0.0796 e. The van der Waals surface area contributed by atoms with Gasteiger partial charge in [-0.25, -0.2) is 0 Å². The third-order valence-corrected chi connectivity index (χ3v) is 2.40. The normalized spacial score (nSPS) is 18.6. The van der Waals surface area contributed by atoms with Crippen molar-refractivity contribution in [2.24, 2.45) is 0 Å². The van der Waals surface area contributed by atoms with Crippen molar-refractivity contribution in [3.63, 3.8) is 0 Å². The predicted molar refractivity (Wildman–Crippen MR) is 52.0 cm³/mol. The number of nitrogens with zero attached hydrogens (tertiary/aromatic N) is 4.